The summed E-state index contributed by atoms with van der Waals surface area (Å²) in [6, 6.07) is 13.2. The lowest BCUT2D eigenvalue weighted by molar-refractivity contribution is -0.138. The molecule has 1 N–H and O–H groups in total. The van der Waals surface area contributed by atoms with E-state index in [9.17, 15) is 13.2 Å². The van der Waals surface area contributed by atoms with Gasteiger partial charge < -0.3 is 10.1 Å². The number of piperidine rings is 1. The van der Waals surface area contributed by atoms with Gasteiger partial charge in [0.15, 0.2) is 0 Å². The van der Waals surface area contributed by atoms with Gasteiger partial charge in [0.1, 0.15) is 11.5 Å². The fraction of sp³-hybridized carbons (Fsp3) is 0.400. The molecule has 0 radical (unpaired) electrons. The maximum absolute atomic E-state index is 13.0. The molecule has 1 aliphatic rings. The number of hydrogen-bond donors (Lipinski definition) is 1. The van der Waals surface area contributed by atoms with E-state index in [1.807, 2.05) is 12.1 Å². The zero-order chi connectivity index (χ0) is 17.7. The van der Waals surface area contributed by atoms with Crippen LogP contribution in [0.2, 0.25) is 0 Å². The van der Waals surface area contributed by atoms with Gasteiger partial charge in [-0.05, 0) is 62.1 Å². The van der Waals surface area contributed by atoms with E-state index in [-0.39, 0.29) is 5.75 Å². The number of alkyl halides is 3. The molecule has 0 aliphatic carbocycles. The third-order valence-electron chi connectivity index (χ3n) is 4.54. The van der Waals surface area contributed by atoms with Gasteiger partial charge in [0.05, 0.1) is 5.56 Å². The first-order valence-electron chi connectivity index (χ1n) is 8.69. The Labute approximate surface area is 146 Å². The van der Waals surface area contributed by atoms with Crippen LogP contribution < -0.4 is 10.1 Å². The van der Waals surface area contributed by atoms with Crippen LogP contribution in [-0.4, -0.2) is 12.6 Å². The Kier molecular flexibility index (Phi) is 5.63. The minimum atomic E-state index is -4.43. The van der Waals surface area contributed by atoms with Crippen LogP contribution in [0.4, 0.5) is 13.2 Å². The lowest BCUT2D eigenvalue weighted by atomic mass is 9.98. The third kappa shape index (κ3) is 4.98. The average molecular weight is 349 g/mol. The number of aryl methyl sites for hydroxylation is 1. The molecular weight excluding hydrogens is 327 g/mol. The van der Waals surface area contributed by atoms with Crippen LogP contribution in [0.1, 0.15) is 36.8 Å². The summed E-state index contributed by atoms with van der Waals surface area (Å²) in [5, 5.41) is 3.52. The van der Waals surface area contributed by atoms with E-state index >= 15 is 0 Å². The fourth-order valence-electron chi connectivity index (χ4n) is 3.15. The highest BCUT2D eigenvalue weighted by molar-refractivity contribution is 5.40. The van der Waals surface area contributed by atoms with Crippen LogP contribution >= 0.6 is 0 Å². The van der Waals surface area contributed by atoms with Gasteiger partial charge in [-0.1, -0.05) is 30.7 Å². The standard InChI is InChI=1S/C20H22F3NO/c21-20(22,23)18-6-1-2-7-19(18)25-17-12-9-15(10-13-17)8-11-16-5-3-4-14-24-16/h1-2,6-7,9-10,12-13,16,24H,3-5,8,11,14H2. The predicted octanol–water partition coefficient (Wildman–Crippen LogP) is 5.57. The molecule has 0 bridgehead atoms. The molecule has 1 unspecified atom stereocenters. The summed E-state index contributed by atoms with van der Waals surface area (Å²) < 4.78 is 44.5. The van der Waals surface area contributed by atoms with E-state index in [1.165, 1.54) is 43.0 Å². The lowest BCUT2D eigenvalue weighted by Crippen LogP contribution is -2.34. The van der Waals surface area contributed by atoms with Crippen molar-refractivity contribution in [3.63, 3.8) is 0 Å². The predicted molar refractivity (Wildman–Crippen MR) is 91.9 cm³/mol. The lowest BCUT2D eigenvalue weighted by Gasteiger charge is -2.23. The molecule has 3 rings (SSSR count). The number of hydrogen-bond acceptors (Lipinski definition) is 2. The third-order valence-corrected chi connectivity index (χ3v) is 4.54. The van der Waals surface area contributed by atoms with Gasteiger partial charge in [-0.3, -0.25) is 0 Å². The maximum atomic E-state index is 13.0. The van der Waals surface area contributed by atoms with Crippen molar-refractivity contribution >= 4 is 0 Å². The molecule has 1 aliphatic heterocycles. The summed E-state index contributed by atoms with van der Waals surface area (Å²) in [7, 11) is 0. The van der Waals surface area contributed by atoms with Gasteiger partial charge in [0.25, 0.3) is 0 Å². The summed E-state index contributed by atoms with van der Waals surface area (Å²) in [4.78, 5) is 0. The molecule has 134 valence electrons. The molecule has 2 aromatic rings. The first kappa shape index (κ1) is 17.8. The van der Waals surface area contributed by atoms with Crippen LogP contribution in [0.5, 0.6) is 11.5 Å². The first-order valence-corrected chi connectivity index (χ1v) is 8.69. The van der Waals surface area contributed by atoms with Gasteiger partial charge in [-0.2, -0.15) is 13.2 Å². The molecule has 0 spiro atoms. The van der Waals surface area contributed by atoms with Crippen molar-refractivity contribution in [1.29, 1.82) is 0 Å². The normalized spacial score (nSPS) is 18.1. The maximum Gasteiger partial charge on any atom is 0.419 e. The van der Waals surface area contributed by atoms with Crippen molar-refractivity contribution < 1.29 is 17.9 Å². The van der Waals surface area contributed by atoms with E-state index in [0.717, 1.165) is 25.5 Å². The molecule has 2 aromatic carbocycles. The van der Waals surface area contributed by atoms with Crippen molar-refractivity contribution in [1.82, 2.24) is 5.32 Å². The number of para-hydroxylation sites is 1. The molecule has 2 nitrogen and oxygen atoms in total. The Bertz CT molecular complexity index is 676. The van der Waals surface area contributed by atoms with Gasteiger partial charge in [0.2, 0.25) is 0 Å². The smallest absolute Gasteiger partial charge is 0.419 e. The van der Waals surface area contributed by atoms with Crippen LogP contribution in [0, 0.1) is 0 Å². The van der Waals surface area contributed by atoms with Crippen molar-refractivity contribution in [2.45, 2.75) is 44.3 Å². The van der Waals surface area contributed by atoms with E-state index in [0.29, 0.717) is 11.8 Å². The number of nitrogens with one attached hydrogen (secondary N) is 1. The Hall–Kier alpha value is -2.01. The molecule has 1 atom stereocenters. The molecule has 25 heavy (non-hydrogen) atoms. The topological polar surface area (TPSA) is 21.3 Å². The van der Waals surface area contributed by atoms with Gasteiger partial charge >= 0.3 is 6.18 Å². The van der Waals surface area contributed by atoms with E-state index in [1.54, 1.807) is 12.1 Å². The Morgan fingerprint density at radius 1 is 1.00 bits per heavy atom. The monoisotopic (exact) mass is 349 g/mol. The molecule has 0 amide bonds. The minimum absolute atomic E-state index is 0.172. The molecule has 5 heteroatoms. The highest BCUT2D eigenvalue weighted by Gasteiger charge is 2.34. The van der Waals surface area contributed by atoms with Crippen molar-refractivity contribution in [2.24, 2.45) is 0 Å². The van der Waals surface area contributed by atoms with Crippen LogP contribution in [0.15, 0.2) is 48.5 Å². The Morgan fingerprint density at radius 2 is 1.76 bits per heavy atom. The van der Waals surface area contributed by atoms with Crippen molar-refractivity contribution in [3.8, 4) is 11.5 Å². The summed E-state index contributed by atoms with van der Waals surface area (Å²) in [6.07, 6.45) is 1.36. The molecule has 0 saturated carbocycles. The zero-order valence-electron chi connectivity index (χ0n) is 14.0. The molecule has 0 aromatic heterocycles. The van der Waals surface area contributed by atoms with Gasteiger partial charge in [-0.25, -0.2) is 0 Å². The second kappa shape index (κ2) is 7.91. The van der Waals surface area contributed by atoms with Crippen LogP contribution in [0.25, 0.3) is 0 Å². The quantitative estimate of drug-likeness (QED) is 0.762. The highest BCUT2D eigenvalue weighted by atomic mass is 19.4. The summed E-state index contributed by atoms with van der Waals surface area (Å²) in [5.41, 5.74) is 0.409. The first-order chi connectivity index (χ1) is 12.0. The SMILES string of the molecule is FC(F)(F)c1ccccc1Oc1ccc(CCC2CCCCN2)cc1. The molecule has 1 heterocycles. The highest BCUT2D eigenvalue weighted by Crippen LogP contribution is 2.37. The number of ether oxygens (including phenoxy) is 1. The number of rotatable bonds is 5. The zero-order valence-corrected chi connectivity index (χ0v) is 14.0. The van der Waals surface area contributed by atoms with Crippen LogP contribution in [0.3, 0.4) is 0 Å². The fourth-order valence-corrected chi connectivity index (χ4v) is 3.15. The van der Waals surface area contributed by atoms with Gasteiger partial charge in [-0.15, -0.1) is 0 Å². The van der Waals surface area contributed by atoms with E-state index in [4.69, 9.17) is 4.74 Å². The average Bonchev–Trinajstić information content (AvgIpc) is 2.62. The largest absolute Gasteiger partial charge is 0.457 e. The van der Waals surface area contributed by atoms with Gasteiger partial charge in [0, 0.05) is 6.04 Å². The number of benzene rings is 2. The van der Waals surface area contributed by atoms with E-state index in [2.05, 4.69) is 5.32 Å². The Balaban J connectivity index is 1.61. The molecular formula is C20H22F3NO. The van der Waals surface area contributed by atoms with Crippen molar-refractivity contribution in [3.05, 3.63) is 59.7 Å². The molecule has 1 saturated heterocycles. The molecule has 1 fully saturated rings. The Morgan fingerprint density at radius 3 is 2.44 bits per heavy atom. The second-order valence-corrected chi connectivity index (χ2v) is 6.43. The van der Waals surface area contributed by atoms with Crippen molar-refractivity contribution in [2.75, 3.05) is 6.54 Å². The number of halogens is 3. The second-order valence-electron chi connectivity index (χ2n) is 6.43. The minimum Gasteiger partial charge on any atom is -0.457 e. The summed E-state index contributed by atoms with van der Waals surface area (Å²) in [6.45, 7) is 1.09. The van der Waals surface area contributed by atoms with Crippen LogP contribution in [-0.2, 0) is 12.6 Å². The summed E-state index contributed by atoms with van der Waals surface area (Å²) >= 11 is 0. The van der Waals surface area contributed by atoms with E-state index < -0.39 is 11.7 Å². The summed E-state index contributed by atoms with van der Waals surface area (Å²) in [5.74, 6) is 0.241.